The van der Waals surface area contributed by atoms with Crippen LogP contribution in [0.1, 0.15) is 16.8 Å². The lowest BCUT2D eigenvalue weighted by Crippen LogP contribution is -2.41. The summed E-state index contributed by atoms with van der Waals surface area (Å²) in [6, 6.07) is 3.38. The highest BCUT2D eigenvalue weighted by Gasteiger charge is 2.33. The Balaban J connectivity index is 2.90. The summed E-state index contributed by atoms with van der Waals surface area (Å²) in [5.41, 5.74) is -0.413. The molecule has 0 bridgehead atoms. The topological polar surface area (TPSA) is 84.9 Å². The van der Waals surface area contributed by atoms with Crippen molar-refractivity contribution in [3.8, 4) is 5.75 Å². The Kier molecular flexibility index (Phi) is 6.17. The zero-order chi connectivity index (χ0) is 16.8. The number of carboxylic acids is 1. The number of halogens is 3. The summed E-state index contributed by atoms with van der Waals surface area (Å²) < 4.78 is 45.3. The minimum Gasteiger partial charge on any atom is -0.480 e. The van der Waals surface area contributed by atoms with Gasteiger partial charge >= 0.3 is 12.3 Å². The van der Waals surface area contributed by atoms with Crippen molar-refractivity contribution in [2.75, 3.05) is 13.7 Å². The van der Waals surface area contributed by atoms with Gasteiger partial charge in [-0.1, -0.05) is 12.1 Å². The lowest BCUT2D eigenvalue weighted by molar-refractivity contribution is -0.274. The molecule has 0 aliphatic rings. The molecule has 1 aromatic rings. The molecule has 0 saturated carbocycles. The maximum Gasteiger partial charge on any atom is 0.573 e. The first kappa shape index (κ1) is 17.8. The molecule has 1 rings (SSSR count). The van der Waals surface area contributed by atoms with Crippen LogP contribution in [0.15, 0.2) is 24.3 Å². The van der Waals surface area contributed by atoms with Gasteiger partial charge in [0.25, 0.3) is 5.91 Å². The van der Waals surface area contributed by atoms with Crippen LogP contribution >= 0.6 is 0 Å². The summed E-state index contributed by atoms with van der Waals surface area (Å²) >= 11 is 0. The number of benzene rings is 1. The van der Waals surface area contributed by atoms with Crippen molar-refractivity contribution in [3.63, 3.8) is 0 Å². The number of rotatable bonds is 7. The first-order valence-electron chi connectivity index (χ1n) is 6.12. The highest BCUT2D eigenvalue weighted by molar-refractivity contribution is 5.98. The molecule has 0 fully saturated rings. The molecule has 9 heteroatoms. The second-order valence-electron chi connectivity index (χ2n) is 4.19. The van der Waals surface area contributed by atoms with Crippen molar-refractivity contribution in [1.82, 2.24) is 5.32 Å². The average Bonchev–Trinajstić information content (AvgIpc) is 2.41. The van der Waals surface area contributed by atoms with Gasteiger partial charge in [0.05, 0.1) is 5.56 Å². The number of ether oxygens (including phenoxy) is 2. The Morgan fingerprint density at radius 2 is 1.95 bits per heavy atom. The lowest BCUT2D eigenvalue weighted by Gasteiger charge is -2.16. The second-order valence-corrected chi connectivity index (χ2v) is 4.19. The summed E-state index contributed by atoms with van der Waals surface area (Å²) in [6.07, 6.45) is -4.99. The number of methoxy groups -OCH3 is 1. The van der Waals surface area contributed by atoms with E-state index in [1.807, 2.05) is 0 Å². The van der Waals surface area contributed by atoms with Gasteiger partial charge in [0.15, 0.2) is 0 Å². The van der Waals surface area contributed by atoms with Crippen molar-refractivity contribution in [3.05, 3.63) is 29.8 Å². The molecule has 0 radical (unpaired) electrons. The van der Waals surface area contributed by atoms with Gasteiger partial charge in [0.2, 0.25) is 0 Å². The number of carbonyl (C=O) groups is 2. The van der Waals surface area contributed by atoms with E-state index in [1.54, 1.807) is 0 Å². The molecule has 0 aliphatic heterocycles. The monoisotopic (exact) mass is 321 g/mol. The van der Waals surface area contributed by atoms with Gasteiger partial charge in [0, 0.05) is 20.1 Å². The van der Waals surface area contributed by atoms with E-state index in [0.717, 1.165) is 12.1 Å². The molecule has 0 spiro atoms. The largest absolute Gasteiger partial charge is 0.573 e. The number of carbonyl (C=O) groups excluding carboxylic acids is 1. The molecule has 122 valence electrons. The fraction of sp³-hybridized carbons (Fsp3) is 0.385. The number of hydrogen-bond donors (Lipinski definition) is 2. The first-order chi connectivity index (χ1) is 10.2. The van der Waals surface area contributed by atoms with E-state index in [4.69, 9.17) is 9.84 Å². The minimum atomic E-state index is -4.96. The molecule has 1 atom stereocenters. The third-order valence-corrected chi connectivity index (χ3v) is 2.57. The van der Waals surface area contributed by atoms with Crippen molar-refractivity contribution >= 4 is 11.9 Å². The fourth-order valence-electron chi connectivity index (χ4n) is 1.60. The van der Waals surface area contributed by atoms with Crippen LogP contribution in [-0.4, -0.2) is 43.1 Å². The van der Waals surface area contributed by atoms with E-state index in [0.29, 0.717) is 0 Å². The highest BCUT2D eigenvalue weighted by Crippen LogP contribution is 2.26. The van der Waals surface area contributed by atoms with Crippen LogP contribution in [0.4, 0.5) is 13.2 Å². The van der Waals surface area contributed by atoms with Crippen LogP contribution in [0, 0.1) is 0 Å². The molecule has 1 amide bonds. The predicted octanol–water partition coefficient (Wildman–Crippen LogP) is 1.80. The molecular formula is C13H14F3NO5. The zero-order valence-electron chi connectivity index (χ0n) is 11.5. The van der Waals surface area contributed by atoms with Crippen molar-refractivity contribution in [1.29, 1.82) is 0 Å². The smallest absolute Gasteiger partial charge is 0.480 e. The molecule has 6 nitrogen and oxygen atoms in total. The Hall–Kier alpha value is -2.29. The van der Waals surface area contributed by atoms with Gasteiger partial charge in [-0.2, -0.15) is 0 Å². The van der Waals surface area contributed by atoms with Crippen LogP contribution in [0.2, 0.25) is 0 Å². The maximum absolute atomic E-state index is 12.3. The molecular weight excluding hydrogens is 307 g/mol. The number of amides is 1. The number of hydrogen-bond acceptors (Lipinski definition) is 4. The van der Waals surface area contributed by atoms with Gasteiger partial charge in [-0.05, 0) is 12.1 Å². The molecule has 1 aromatic carbocycles. The van der Waals surface area contributed by atoms with Gasteiger partial charge < -0.3 is 19.9 Å². The van der Waals surface area contributed by atoms with E-state index < -0.39 is 35.6 Å². The summed E-state index contributed by atoms with van der Waals surface area (Å²) in [4.78, 5) is 23.0. The van der Waals surface area contributed by atoms with E-state index in [-0.39, 0.29) is 13.0 Å². The van der Waals surface area contributed by atoms with E-state index in [2.05, 4.69) is 10.1 Å². The SMILES string of the molecule is COCCC(NC(=O)c1ccccc1OC(F)(F)F)C(=O)O. The van der Waals surface area contributed by atoms with Crippen LogP contribution in [0.25, 0.3) is 0 Å². The molecule has 22 heavy (non-hydrogen) atoms. The minimum absolute atomic E-state index is 0.0279. The third-order valence-electron chi connectivity index (χ3n) is 2.57. The lowest BCUT2D eigenvalue weighted by atomic mass is 10.1. The summed E-state index contributed by atoms with van der Waals surface area (Å²) in [5.74, 6) is -3.01. The standard InChI is InChI=1S/C13H14F3NO5/c1-21-7-6-9(12(19)20)17-11(18)8-4-2-3-5-10(8)22-13(14,15)16/h2-5,9H,6-7H2,1H3,(H,17,18)(H,19,20). The van der Waals surface area contributed by atoms with E-state index >= 15 is 0 Å². The van der Waals surface area contributed by atoms with Crippen LogP contribution in [-0.2, 0) is 9.53 Å². The summed E-state index contributed by atoms with van der Waals surface area (Å²) in [7, 11) is 1.35. The summed E-state index contributed by atoms with van der Waals surface area (Å²) in [6.45, 7) is 0.0674. The van der Waals surface area contributed by atoms with E-state index in [1.165, 1.54) is 19.2 Å². The molecule has 0 aromatic heterocycles. The molecule has 2 N–H and O–H groups in total. The Morgan fingerprint density at radius 3 is 2.50 bits per heavy atom. The second kappa shape index (κ2) is 7.64. The van der Waals surface area contributed by atoms with Crippen LogP contribution in [0.3, 0.4) is 0 Å². The van der Waals surface area contributed by atoms with Crippen molar-refractivity contribution in [2.45, 2.75) is 18.8 Å². The first-order valence-corrected chi connectivity index (χ1v) is 6.12. The number of carboxylic acid groups (broad SMARTS) is 1. The molecule has 0 heterocycles. The predicted molar refractivity (Wildman–Crippen MR) is 68.5 cm³/mol. The molecule has 0 aliphatic carbocycles. The number of aliphatic carboxylic acids is 1. The number of para-hydroxylation sites is 1. The van der Waals surface area contributed by atoms with Crippen LogP contribution in [0.5, 0.6) is 5.75 Å². The Labute approximate surface area is 123 Å². The quantitative estimate of drug-likeness (QED) is 0.800. The third kappa shape index (κ3) is 5.60. The zero-order valence-corrected chi connectivity index (χ0v) is 11.5. The maximum atomic E-state index is 12.3. The highest BCUT2D eigenvalue weighted by atomic mass is 19.4. The van der Waals surface area contributed by atoms with Crippen LogP contribution < -0.4 is 10.1 Å². The van der Waals surface area contributed by atoms with Crippen molar-refractivity contribution in [2.24, 2.45) is 0 Å². The molecule has 1 unspecified atom stereocenters. The average molecular weight is 321 g/mol. The van der Waals surface area contributed by atoms with Crippen molar-refractivity contribution < 1.29 is 37.3 Å². The van der Waals surface area contributed by atoms with Gasteiger partial charge in [0.1, 0.15) is 11.8 Å². The van der Waals surface area contributed by atoms with Gasteiger partial charge in [-0.3, -0.25) is 4.79 Å². The summed E-state index contributed by atoms with van der Waals surface area (Å²) in [5, 5.41) is 11.1. The number of nitrogens with one attached hydrogen (secondary N) is 1. The van der Waals surface area contributed by atoms with Gasteiger partial charge in [-0.25, -0.2) is 4.79 Å². The normalized spacial score (nSPS) is 12.5. The fourth-order valence-corrected chi connectivity index (χ4v) is 1.60. The van der Waals surface area contributed by atoms with E-state index in [9.17, 15) is 22.8 Å². The van der Waals surface area contributed by atoms with Gasteiger partial charge in [-0.15, -0.1) is 13.2 Å². The molecule has 0 saturated heterocycles. The Bertz CT molecular complexity index is 533. The Morgan fingerprint density at radius 1 is 1.32 bits per heavy atom. The number of alkyl halides is 3.